The van der Waals surface area contributed by atoms with E-state index in [2.05, 4.69) is 67.7 Å². The van der Waals surface area contributed by atoms with Gasteiger partial charge in [-0.2, -0.15) is 0 Å². The van der Waals surface area contributed by atoms with Crippen molar-refractivity contribution in [1.82, 2.24) is 10.2 Å². The van der Waals surface area contributed by atoms with Crippen molar-refractivity contribution in [3.05, 3.63) is 59.2 Å². The molecule has 0 spiro atoms. The summed E-state index contributed by atoms with van der Waals surface area (Å²) in [6.07, 6.45) is 0. The zero-order valence-corrected chi connectivity index (χ0v) is 16.4. The van der Waals surface area contributed by atoms with Gasteiger partial charge in [0, 0.05) is 17.8 Å². The molecule has 0 aliphatic rings. The van der Waals surface area contributed by atoms with Gasteiger partial charge in [0.2, 0.25) is 0 Å². The van der Waals surface area contributed by atoms with E-state index in [1.807, 2.05) is 18.2 Å². The van der Waals surface area contributed by atoms with Crippen molar-refractivity contribution in [2.75, 3.05) is 33.1 Å². The molecular weight excluding hydrogens is 330 g/mol. The Morgan fingerprint density at radius 2 is 1.72 bits per heavy atom. The van der Waals surface area contributed by atoms with Gasteiger partial charge in [0.15, 0.2) is 5.11 Å². The standard InChI is InChI=1S/C20H27N3OS/c1-14-9-8-10-15(2)19(14)22-20(25)21-13-17(23(3)4)16-11-6-7-12-18(16)24-5/h6-12,17H,13H2,1-5H3,(H2,21,22,25). The van der Waals surface area contributed by atoms with Crippen molar-refractivity contribution in [3.8, 4) is 5.75 Å². The highest BCUT2D eigenvalue weighted by atomic mass is 32.1. The van der Waals surface area contributed by atoms with Crippen LogP contribution in [-0.4, -0.2) is 37.8 Å². The fourth-order valence-corrected chi connectivity index (χ4v) is 3.06. The molecular formula is C20H27N3OS. The second-order valence-electron chi connectivity index (χ2n) is 6.32. The molecule has 134 valence electrons. The number of benzene rings is 2. The molecule has 1 unspecified atom stereocenters. The minimum Gasteiger partial charge on any atom is -0.496 e. The van der Waals surface area contributed by atoms with Crippen molar-refractivity contribution in [2.45, 2.75) is 19.9 Å². The first kappa shape index (κ1) is 19.2. The second kappa shape index (κ2) is 8.83. The Kier molecular flexibility index (Phi) is 6.79. The van der Waals surface area contributed by atoms with Crippen LogP contribution in [0.25, 0.3) is 0 Å². The molecule has 0 amide bonds. The van der Waals surface area contributed by atoms with Crippen molar-refractivity contribution < 1.29 is 4.74 Å². The van der Waals surface area contributed by atoms with Gasteiger partial charge in [-0.25, -0.2) is 0 Å². The fourth-order valence-electron chi connectivity index (χ4n) is 2.87. The van der Waals surface area contributed by atoms with E-state index in [-0.39, 0.29) is 6.04 Å². The van der Waals surface area contributed by atoms with Gasteiger partial charge in [-0.3, -0.25) is 0 Å². The highest BCUT2D eigenvalue weighted by Crippen LogP contribution is 2.27. The Balaban J connectivity index is 2.07. The first-order valence-electron chi connectivity index (χ1n) is 8.34. The number of anilines is 1. The summed E-state index contributed by atoms with van der Waals surface area (Å²) in [5, 5.41) is 7.29. The Morgan fingerprint density at radius 1 is 1.08 bits per heavy atom. The maximum atomic E-state index is 5.51. The minimum absolute atomic E-state index is 0.147. The van der Waals surface area contributed by atoms with Gasteiger partial charge in [-0.05, 0) is 57.4 Å². The molecule has 4 nitrogen and oxygen atoms in total. The lowest BCUT2D eigenvalue weighted by atomic mass is 10.0. The zero-order valence-electron chi connectivity index (χ0n) is 15.6. The third-order valence-electron chi connectivity index (χ3n) is 4.30. The third kappa shape index (κ3) is 4.94. The maximum Gasteiger partial charge on any atom is 0.170 e. The fraction of sp³-hybridized carbons (Fsp3) is 0.350. The van der Waals surface area contributed by atoms with Gasteiger partial charge >= 0.3 is 0 Å². The number of nitrogens with zero attached hydrogens (tertiary/aromatic N) is 1. The minimum atomic E-state index is 0.147. The van der Waals surface area contributed by atoms with Crippen LogP contribution in [0.2, 0.25) is 0 Å². The largest absolute Gasteiger partial charge is 0.496 e. The van der Waals surface area contributed by atoms with Crippen LogP contribution in [0.1, 0.15) is 22.7 Å². The molecule has 0 aliphatic heterocycles. The number of likely N-dealkylation sites (N-methyl/N-ethyl adjacent to an activating group) is 1. The molecule has 0 heterocycles. The van der Waals surface area contributed by atoms with Crippen molar-refractivity contribution >= 4 is 23.0 Å². The van der Waals surface area contributed by atoms with Crippen LogP contribution in [0.3, 0.4) is 0 Å². The summed E-state index contributed by atoms with van der Waals surface area (Å²) >= 11 is 5.50. The van der Waals surface area contributed by atoms with E-state index in [1.165, 1.54) is 11.1 Å². The Labute approximate surface area is 156 Å². The molecule has 0 saturated carbocycles. The number of thiocarbonyl (C=S) groups is 1. The number of hydrogen-bond acceptors (Lipinski definition) is 3. The molecule has 2 aromatic carbocycles. The summed E-state index contributed by atoms with van der Waals surface area (Å²) in [7, 11) is 5.81. The van der Waals surface area contributed by atoms with Gasteiger partial charge in [0.1, 0.15) is 5.75 Å². The van der Waals surface area contributed by atoms with Crippen LogP contribution in [0.4, 0.5) is 5.69 Å². The molecule has 0 fully saturated rings. The molecule has 0 saturated heterocycles. The van der Waals surface area contributed by atoms with Crippen molar-refractivity contribution in [3.63, 3.8) is 0 Å². The summed E-state index contributed by atoms with van der Waals surface area (Å²) in [6.45, 7) is 4.84. The number of aryl methyl sites for hydroxylation is 2. The predicted molar refractivity (Wildman–Crippen MR) is 110 cm³/mol. The molecule has 0 aliphatic carbocycles. The highest BCUT2D eigenvalue weighted by Gasteiger charge is 2.18. The zero-order chi connectivity index (χ0) is 18.4. The number of para-hydroxylation sites is 2. The molecule has 2 N–H and O–H groups in total. The third-order valence-corrected chi connectivity index (χ3v) is 4.54. The molecule has 0 aromatic heterocycles. The van der Waals surface area contributed by atoms with Gasteiger partial charge in [0.05, 0.1) is 13.2 Å². The van der Waals surface area contributed by atoms with Gasteiger partial charge in [-0.1, -0.05) is 36.4 Å². The lowest BCUT2D eigenvalue weighted by molar-refractivity contribution is 0.288. The Bertz CT molecular complexity index is 710. The van der Waals surface area contributed by atoms with Crippen LogP contribution >= 0.6 is 12.2 Å². The summed E-state index contributed by atoms with van der Waals surface area (Å²) in [4.78, 5) is 2.16. The summed E-state index contributed by atoms with van der Waals surface area (Å²) < 4.78 is 5.51. The molecule has 1 atom stereocenters. The van der Waals surface area contributed by atoms with E-state index >= 15 is 0 Å². The summed E-state index contributed by atoms with van der Waals surface area (Å²) in [5.74, 6) is 0.886. The number of ether oxygens (including phenoxy) is 1. The molecule has 2 rings (SSSR count). The monoisotopic (exact) mass is 357 g/mol. The number of methoxy groups -OCH3 is 1. The van der Waals surface area contributed by atoms with E-state index in [0.29, 0.717) is 11.7 Å². The first-order valence-corrected chi connectivity index (χ1v) is 8.75. The van der Waals surface area contributed by atoms with Crippen LogP contribution < -0.4 is 15.4 Å². The van der Waals surface area contributed by atoms with Crippen LogP contribution in [0, 0.1) is 13.8 Å². The van der Waals surface area contributed by atoms with E-state index < -0.39 is 0 Å². The Hall–Kier alpha value is -2.11. The number of hydrogen-bond donors (Lipinski definition) is 2. The average Bonchev–Trinajstić information content (AvgIpc) is 2.58. The number of rotatable bonds is 6. The molecule has 2 aromatic rings. The second-order valence-corrected chi connectivity index (χ2v) is 6.73. The lowest BCUT2D eigenvalue weighted by Gasteiger charge is -2.27. The molecule has 0 bridgehead atoms. The number of nitrogens with one attached hydrogen (secondary N) is 2. The van der Waals surface area contributed by atoms with Crippen molar-refractivity contribution in [2.24, 2.45) is 0 Å². The normalized spacial score (nSPS) is 11.9. The van der Waals surface area contributed by atoms with E-state index in [0.717, 1.165) is 17.0 Å². The van der Waals surface area contributed by atoms with E-state index in [9.17, 15) is 0 Å². The summed E-state index contributed by atoms with van der Waals surface area (Å²) in [5.41, 5.74) is 4.56. The van der Waals surface area contributed by atoms with Gasteiger partial charge < -0.3 is 20.3 Å². The molecule has 5 heteroatoms. The van der Waals surface area contributed by atoms with Gasteiger partial charge in [-0.15, -0.1) is 0 Å². The van der Waals surface area contributed by atoms with Crippen molar-refractivity contribution in [1.29, 1.82) is 0 Å². The van der Waals surface area contributed by atoms with E-state index in [1.54, 1.807) is 7.11 Å². The van der Waals surface area contributed by atoms with E-state index in [4.69, 9.17) is 17.0 Å². The highest BCUT2D eigenvalue weighted by molar-refractivity contribution is 7.80. The first-order chi connectivity index (χ1) is 11.9. The Morgan fingerprint density at radius 3 is 2.32 bits per heavy atom. The average molecular weight is 358 g/mol. The predicted octanol–water partition coefficient (Wildman–Crippen LogP) is 3.90. The van der Waals surface area contributed by atoms with Crippen LogP contribution in [0.5, 0.6) is 5.75 Å². The summed E-state index contributed by atoms with van der Waals surface area (Å²) in [6, 6.07) is 14.4. The lowest BCUT2D eigenvalue weighted by Crippen LogP contribution is -2.37. The van der Waals surface area contributed by atoms with Crippen LogP contribution in [0.15, 0.2) is 42.5 Å². The van der Waals surface area contributed by atoms with Crippen LogP contribution in [-0.2, 0) is 0 Å². The smallest absolute Gasteiger partial charge is 0.170 e. The quantitative estimate of drug-likeness (QED) is 0.767. The SMILES string of the molecule is COc1ccccc1C(CNC(=S)Nc1c(C)cccc1C)N(C)C. The van der Waals surface area contributed by atoms with Gasteiger partial charge in [0.25, 0.3) is 0 Å². The molecule has 0 radical (unpaired) electrons. The topological polar surface area (TPSA) is 36.5 Å². The molecule has 25 heavy (non-hydrogen) atoms. The maximum absolute atomic E-state index is 5.51.